The Morgan fingerprint density at radius 3 is 2.35 bits per heavy atom. The molecule has 2 heterocycles. The number of nitrogens with one attached hydrogen (secondary N) is 1. The van der Waals surface area contributed by atoms with Crippen molar-refractivity contribution in [3.05, 3.63) is 34.7 Å². The second-order valence-electron chi connectivity index (χ2n) is 6.82. The molecule has 0 atom stereocenters. The lowest BCUT2D eigenvalue weighted by molar-refractivity contribution is -0.133. The molecule has 1 amide bonds. The SMILES string of the molecule is CCn1c(=O)n(CC(=O)N2CCC(CCNC)CC2)c2ccccc21.Cl. The molecule has 0 radical (unpaired) electrons. The number of fused-ring (bicyclic) bond motifs is 1. The van der Waals surface area contributed by atoms with Gasteiger partial charge in [0.1, 0.15) is 6.54 Å². The molecule has 1 aliphatic rings. The predicted molar refractivity (Wildman–Crippen MR) is 107 cm³/mol. The van der Waals surface area contributed by atoms with E-state index in [1.54, 1.807) is 9.13 Å². The average molecular weight is 381 g/mol. The Kier molecular flexibility index (Phi) is 7.29. The minimum absolute atomic E-state index is 0. The van der Waals surface area contributed by atoms with Crippen LogP contribution < -0.4 is 11.0 Å². The Bertz CT molecular complexity index is 790. The van der Waals surface area contributed by atoms with Crippen molar-refractivity contribution in [1.82, 2.24) is 19.4 Å². The number of carbonyl (C=O) groups excluding carboxylic acids is 1. The van der Waals surface area contributed by atoms with Crippen molar-refractivity contribution < 1.29 is 4.79 Å². The zero-order valence-electron chi connectivity index (χ0n) is 15.6. The van der Waals surface area contributed by atoms with Crippen LogP contribution >= 0.6 is 12.4 Å². The maximum Gasteiger partial charge on any atom is 0.329 e. The molecule has 1 aromatic carbocycles. The van der Waals surface area contributed by atoms with E-state index in [4.69, 9.17) is 0 Å². The third-order valence-electron chi connectivity index (χ3n) is 5.30. The lowest BCUT2D eigenvalue weighted by atomic mass is 9.93. The third-order valence-corrected chi connectivity index (χ3v) is 5.30. The molecule has 3 rings (SSSR count). The van der Waals surface area contributed by atoms with E-state index in [0.29, 0.717) is 12.5 Å². The van der Waals surface area contributed by atoms with E-state index in [1.807, 2.05) is 43.1 Å². The van der Waals surface area contributed by atoms with Gasteiger partial charge in [-0.1, -0.05) is 12.1 Å². The summed E-state index contributed by atoms with van der Waals surface area (Å²) in [5, 5.41) is 3.19. The smallest absolute Gasteiger partial charge is 0.329 e. The molecule has 1 aliphatic heterocycles. The highest BCUT2D eigenvalue weighted by atomic mass is 35.5. The van der Waals surface area contributed by atoms with Crippen LogP contribution in [0.3, 0.4) is 0 Å². The van der Waals surface area contributed by atoms with Crippen LogP contribution in [-0.4, -0.2) is 46.6 Å². The molecular weight excluding hydrogens is 352 g/mol. The Labute approximate surface area is 160 Å². The van der Waals surface area contributed by atoms with Gasteiger partial charge >= 0.3 is 5.69 Å². The van der Waals surface area contributed by atoms with Gasteiger partial charge in [0.25, 0.3) is 0 Å². The summed E-state index contributed by atoms with van der Waals surface area (Å²) in [6.07, 6.45) is 3.28. The summed E-state index contributed by atoms with van der Waals surface area (Å²) in [6.45, 7) is 5.33. The van der Waals surface area contributed by atoms with Crippen LogP contribution in [-0.2, 0) is 17.9 Å². The third kappa shape index (κ3) is 4.13. The minimum atomic E-state index is -0.0963. The first-order chi connectivity index (χ1) is 12.2. The van der Waals surface area contributed by atoms with E-state index in [0.717, 1.165) is 43.5 Å². The van der Waals surface area contributed by atoms with E-state index in [-0.39, 0.29) is 30.5 Å². The summed E-state index contributed by atoms with van der Waals surface area (Å²) in [6, 6.07) is 7.70. The fraction of sp³-hybridized carbons (Fsp3) is 0.579. The normalized spacial score (nSPS) is 15.2. The molecular formula is C19H29ClN4O2. The molecule has 144 valence electrons. The average Bonchev–Trinajstić information content (AvgIpc) is 2.91. The number of nitrogens with zero attached hydrogens (tertiary/aromatic N) is 3. The number of rotatable bonds is 6. The Hall–Kier alpha value is -1.79. The van der Waals surface area contributed by atoms with Gasteiger partial charge in [-0.2, -0.15) is 0 Å². The number of piperidine rings is 1. The zero-order chi connectivity index (χ0) is 17.8. The van der Waals surface area contributed by atoms with Crippen molar-refractivity contribution in [2.24, 2.45) is 5.92 Å². The number of aryl methyl sites for hydroxylation is 1. The second kappa shape index (κ2) is 9.24. The van der Waals surface area contributed by atoms with Gasteiger partial charge in [0.05, 0.1) is 11.0 Å². The van der Waals surface area contributed by atoms with E-state index >= 15 is 0 Å². The summed E-state index contributed by atoms with van der Waals surface area (Å²) in [5.74, 6) is 0.745. The molecule has 0 spiro atoms. The zero-order valence-corrected chi connectivity index (χ0v) is 16.4. The molecule has 26 heavy (non-hydrogen) atoms. The number of halogens is 1. The van der Waals surface area contributed by atoms with Crippen molar-refractivity contribution in [1.29, 1.82) is 0 Å². The largest absolute Gasteiger partial charge is 0.341 e. The fourth-order valence-electron chi connectivity index (χ4n) is 3.79. The number of benzene rings is 1. The first-order valence-electron chi connectivity index (χ1n) is 9.26. The molecule has 1 N–H and O–H groups in total. The van der Waals surface area contributed by atoms with Gasteiger partial charge in [-0.25, -0.2) is 4.79 Å². The predicted octanol–water partition coefficient (Wildman–Crippen LogP) is 2.09. The van der Waals surface area contributed by atoms with Gasteiger partial charge in [0, 0.05) is 19.6 Å². The van der Waals surface area contributed by atoms with Gasteiger partial charge in [0.15, 0.2) is 0 Å². The van der Waals surface area contributed by atoms with Crippen LogP contribution in [0, 0.1) is 5.92 Å². The summed E-state index contributed by atoms with van der Waals surface area (Å²) in [7, 11) is 1.98. The van der Waals surface area contributed by atoms with E-state index in [2.05, 4.69) is 5.32 Å². The standard InChI is InChI=1S/C19H28N4O2.ClH/c1-3-22-16-6-4-5-7-17(16)23(19(22)25)14-18(24)21-12-9-15(10-13-21)8-11-20-2;/h4-7,15,20H,3,8-14H2,1-2H3;1H. The van der Waals surface area contributed by atoms with Crippen LogP contribution in [0.1, 0.15) is 26.2 Å². The van der Waals surface area contributed by atoms with Crippen molar-refractivity contribution in [2.75, 3.05) is 26.7 Å². The number of hydrogen-bond acceptors (Lipinski definition) is 3. The van der Waals surface area contributed by atoms with Crippen molar-refractivity contribution >= 4 is 29.3 Å². The maximum absolute atomic E-state index is 12.7. The number of hydrogen-bond donors (Lipinski definition) is 1. The van der Waals surface area contributed by atoms with Gasteiger partial charge in [-0.3, -0.25) is 13.9 Å². The Morgan fingerprint density at radius 2 is 1.77 bits per heavy atom. The molecule has 7 heteroatoms. The number of carbonyl (C=O) groups is 1. The van der Waals surface area contributed by atoms with Gasteiger partial charge in [-0.15, -0.1) is 12.4 Å². The quantitative estimate of drug-likeness (QED) is 0.834. The second-order valence-corrected chi connectivity index (χ2v) is 6.82. The number of amides is 1. The lowest BCUT2D eigenvalue weighted by Gasteiger charge is -2.32. The molecule has 2 aromatic rings. The summed E-state index contributed by atoms with van der Waals surface area (Å²) in [4.78, 5) is 27.3. The van der Waals surface area contributed by atoms with Crippen LogP contribution in [0.5, 0.6) is 0 Å². The van der Waals surface area contributed by atoms with Crippen LogP contribution in [0.25, 0.3) is 11.0 Å². The Balaban J connectivity index is 0.00000243. The molecule has 0 aliphatic carbocycles. The first kappa shape index (κ1) is 20.5. The van der Waals surface area contributed by atoms with Crippen molar-refractivity contribution in [3.63, 3.8) is 0 Å². The summed E-state index contributed by atoms with van der Waals surface area (Å²) < 4.78 is 3.35. The molecule has 0 unspecified atom stereocenters. The van der Waals surface area contributed by atoms with Gasteiger partial charge in [-0.05, 0) is 57.8 Å². The minimum Gasteiger partial charge on any atom is -0.341 e. The van der Waals surface area contributed by atoms with Crippen molar-refractivity contribution in [2.45, 2.75) is 39.3 Å². The molecule has 1 aromatic heterocycles. The molecule has 0 bridgehead atoms. The fourth-order valence-corrected chi connectivity index (χ4v) is 3.79. The van der Waals surface area contributed by atoms with Gasteiger partial charge in [0.2, 0.25) is 5.91 Å². The first-order valence-corrected chi connectivity index (χ1v) is 9.26. The summed E-state index contributed by atoms with van der Waals surface area (Å²) >= 11 is 0. The van der Waals surface area contributed by atoms with Crippen molar-refractivity contribution in [3.8, 4) is 0 Å². The van der Waals surface area contributed by atoms with Crippen LogP contribution in [0.15, 0.2) is 29.1 Å². The summed E-state index contributed by atoms with van der Waals surface area (Å²) in [5.41, 5.74) is 1.64. The monoisotopic (exact) mass is 380 g/mol. The van der Waals surface area contributed by atoms with Crippen LogP contribution in [0.4, 0.5) is 0 Å². The van der Waals surface area contributed by atoms with Gasteiger partial charge < -0.3 is 10.2 Å². The molecule has 1 saturated heterocycles. The number of likely N-dealkylation sites (tertiary alicyclic amines) is 1. The molecule has 6 nitrogen and oxygen atoms in total. The number of para-hydroxylation sites is 2. The van der Waals surface area contributed by atoms with E-state index < -0.39 is 0 Å². The Morgan fingerprint density at radius 1 is 1.15 bits per heavy atom. The van der Waals surface area contributed by atoms with E-state index in [1.165, 1.54) is 6.42 Å². The molecule has 1 fully saturated rings. The topological polar surface area (TPSA) is 59.3 Å². The lowest BCUT2D eigenvalue weighted by Crippen LogP contribution is -2.42. The molecule has 0 saturated carbocycles. The highest BCUT2D eigenvalue weighted by Gasteiger charge is 2.24. The number of imidazole rings is 1. The maximum atomic E-state index is 12.7. The highest BCUT2D eigenvalue weighted by Crippen LogP contribution is 2.20. The highest BCUT2D eigenvalue weighted by molar-refractivity contribution is 5.85. The van der Waals surface area contributed by atoms with Crippen LogP contribution in [0.2, 0.25) is 0 Å². The van der Waals surface area contributed by atoms with E-state index in [9.17, 15) is 9.59 Å². The number of aromatic nitrogens is 2.